The third-order valence-electron chi connectivity index (χ3n) is 5.34. The normalized spacial score (nSPS) is 11.9. The van der Waals surface area contributed by atoms with Crippen LogP contribution in [0.25, 0.3) is 0 Å². The van der Waals surface area contributed by atoms with Gasteiger partial charge in [-0.05, 0) is 56.3 Å². The number of phenols is 2. The number of nitrogens with zero attached hydrogens (tertiary/aromatic N) is 2. The highest BCUT2D eigenvalue weighted by atomic mass is 31.2. The lowest BCUT2D eigenvalue weighted by Gasteiger charge is -2.27. The number of halogens is 1. The van der Waals surface area contributed by atoms with Crippen LogP contribution in [-0.2, 0) is 28.9 Å². The summed E-state index contributed by atoms with van der Waals surface area (Å²) in [7, 11) is -2.64. The Hall–Kier alpha value is -2.53. The van der Waals surface area contributed by atoms with Gasteiger partial charge in [0.15, 0.2) is 0 Å². The Morgan fingerprint density at radius 3 is 2.23 bits per heavy atom. The van der Waals surface area contributed by atoms with Gasteiger partial charge < -0.3 is 30.4 Å². The van der Waals surface area contributed by atoms with E-state index in [0.29, 0.717) is 5.56 Å². The minimum absolute atomic E-state index is 0.0227. The molecule has 0 amide bonds. The number of aliphatic carboxylic acids is 1. The number of phenolic OH excluding ortho intramolecular Hbond substituents is 2. The summed E-state index contributed by atoms with van der Waals surface area (Å²) in [6, 6.07) is 8.50. The van der Waals surface area contributed by atoms with Gasteiger partial charge in [0, 0.05) is 37.3 Å². The molecule has 12 heteroatoms. The highest BCUT2D eigenvalue weighted by Gasteiger charge is 2.22. The summed E-state index contributed by atoms with van der Waals surface area (Å²) in [6.45, 7) is 0.535. The maximum Gasteiger partial charge on any atom is 0.339 e. The van der Waals surface area contributed by atoms with Gasteiger partial charge in [-0.3, -0.25) is 19.2 Å². The van der Waals surface area contributed by atoms with Crippen molar-refractivity contribution in [3.05, 3.63) is 58.9 Å². The smallest absolute Gasteiger partial charge is 0.339 e. The molecule has 6 N–H and O–H groups in total. The first kappa shape index (κ1) is 28.7. The summed E-state index contributed by atoms with van der Waals surface area (Å²) >= 11 is 0. The molecule has 10 nitrogen and oxygen atoms in total. The number of rotatable bonds is 15. The summed E-state index contributed by atoms with van der Waals surface area (Å²) in [4.78, 5) is 33.3. The Balaban J connectivity index is 2.16. The van der Waals surface area contributed by atoms with Crippen LogP contribution in [-0.4, -0.2) is 80.4 Å². The molecular formula is C23H33FN3O7P. The van der Waals surface area contributed by atoms with Crippen molar-refractivity contribution in [3.8, 4) is 11.5 Å². The topological polar surface area (TPSA) is 154 Å². The molecule has 0 heterocycles. The molecule has 2 rings (SSSR count). The van der Waals surface area contributed by atoms with Crippen molar-refractivity contribution in [1.82, 2.24) is 15.1 Å². The molecule has 0 bridgehead atoms. The predicted molar refractivity (Wildman–Crippen MR) is 129 cm³/mol. The van der Waals surface area contributed by atoms with Crippen molar-refractivity contribution in [1.29, 1.82) is 0 Å². The van der Waals surface area contributed by atoms with Crippen molar-refractivity contribution in [2.24, 2.45) is 0 Å². The molecule has 0 saturated heterocycles. The van der Waals surface area contributed by atoms with E-state index in [-0.39, 0.29) is 49.8 Å². The zero-order valence-corrected chi connectivity index (χ0v) is 20.5. The molecule has 2 aromatic carbocycles. The Morgan fingerprint density at radius 2 is 1.60 bits per heavy atom. The number of hydrogen-bond acceptors (Lipinski definition) is 7. The first-order valence-electron chi connectivity index (χ1n) is 11.1. The highest BCUT2D eigenvalue weighted by molar-refractivity contribution is 7.51. The van der Waals surface area contributed by atoms with Gasteiger partial charge in [0.05, 0.1) is 6.54 Å². The van der Waals surface area contributed by atoms with Crippen molar-refractivity contribution in [2.75, 3.05) is 39.5 Å². The molecule has 0 radical (unpaired) electrons. The number of carbonyl (C=O) groups is 1. The minimum Gasteiger partial charge on any atom is -0.508 e. The van der Waals surface area contributed by atoms with Crippen LogP contribution in [0.5, 0.6) is 11.5 Å². The zero-order chi connectivity index (χ0) is 26.0. The maximum atomic E-state index is 13.6. The van der Waals surface area contributed by atoms with Gasteiger partial charge in [-0.15, -0.1) is 0 Å². The molecule has 35 heavy (non-hydrogen) atoms. The average molecular weight is 514 g/mol. The molecule has 0 aliphatic rings. The van der Waals surface area contributed by atoms with E-state index in [0.717, 1.165) is 43.1 Å². The fraction of sp³-hybridized carbons (Fsp3) is 0.435. The summed E-state index contributed by atoms with van der Waals surface area (Å²) in [5, 5.41) is 32.7. The summed E-state index contributed by atoms with van der Waals surface area (Å²) in [6.07, 6.45) is 1.01. The molecule has 0 saturated carbocycles. The largest absolute Gasteiger partial charge is 0.508 e. The summed E-state index contributed by atoms with van der Waals surface area (Å²) in [5.74, 6) is -1.90. The van der Waals surface area contributed by atoms with E-state index in [1.165, 1.54) is 9.80 Å². The second-order valence-electron chi connectivity index (χ2n) is 8.41. The van der Waals surface area contributed by atoms with Crippen LogP contribution in [0.1, 0.15) is 23.1 Å². The monoisotopic (exact) mass is 513 g/mol. The second-order valence-corrected chi connectivity index (χ2v) is 10.0. The first-order chi connectivity index (χ1) is 16.5. The fourth-order valence-electron chi connectivity index (χ4n) is 3.70. The predicted octanol–water partition coefficient (Wildman–Crippen LogP) is 1.91. The number of benzene rings is 2. The molecule has 0 atom stereocenters. The highest BCUT2D eigenvalue weighted by Crippen LogP contribution is 2.36. The van der Waals surface area contributed by atoms with E-state index in [2.05, 4.69) is 5.32 Å². The van der Waals surface area contributed by atoms with Crippen LogP contribution in [0.2, 0.25) is 0 Å². The second kappa shape index (κ2) is 13.5. The van der Waals surface area contributed by atoms with Gasteiger partial charge in [0.25, 0.3) is 0 Å². The van der Waals surface area contributed by atoms with Crippen molar-refractivity contribution in [3.63, 3.8) is 0 Å². The van der Waals surface area contributed by atoms with E-state index in [1.807, 2.05) is 19.2 Å². The Labute approximate surface area is 203 Å². The fourth-order valence-corrected chi connectivity index (χ4v) is 4.46. The average Bonchev–Trinajstić information content (AvgIpc) is 2.75. The van der Waals surface area contributed by atoms with E-state index in [4.69, 9.17) is 0 Å². The van der Waals surface area contributed by atoms with E-state index in [9.17, 15) is 38.9 Å². The quantitative estimate of drug-likeness (QED) is 0.154. The van der Waals surface area contributed by atoms with Gasteiger partial charge in [0.1, 0.15) is 23.6 Å². The Kier molecular flexibility index (Phi) is 11.1. The molecular weight excluding hydrogens is 480 g/mol. The van der Waals surface area contributed by atoms with Gasteiger partial charge in [-0.1, -0.05) is 12.1 Å². The number of aryl methyl sites for hydroxylation is 1. The number of nitrogens with one attached hydrogen (secondary N) is 1. The maximum absolute atomic E-state index is 13.6. The van der Waals surface area contributed by atoms with Gasteiger partial charge in [-0.25, -0.2) is 4.39 Å². The van der Waals surface area contributed by atoms with Crippen LogP contribution < -0.4 is 5.32 Å². The van der Waals surface area contributed by atoms with Gasteiger partial charge in [0.2, 0.25) is 0 Å². The number of aromatic hydroxyl groups is 2. The van der Waals surface area contributed by atoms with Gasteiger partial charge in [-0.2, -0.15) is 0 Å². The third-order valence-corrected chi connectivity index (χ3v) is 6.11. The first-order valence-corrected chi connectivity index (χ1v) is 12.9. The van der Waals surface area contributed by atoms with E-state index in [1.54, 1.807) is 6.07 Å². The van der Waals surface area contributed by atoms with Crippen LogP contribution in [0, 0.1) is 5.82 Å². The van der Waals surface area contributed by atoms with Crippen LogP contribution in [0.3, 0.4) is 0 Å². The molecule has 0 aromatic heterocycles. The van der Waals surface area contributed by atoms with Crippen molar-refractivity contribution < 1.29 is 38.9 Å². The molecule has 194 valence electrons. The number of carboxylic acid groups (broad SMARTS) is 1. The zero-order valence-electron chi connectivity index (χ0n) is 19.6. The Bertz CT molecular complexity index is 1030. The molecule has 2 aromatic rings. The van der Waals surface area contributed by atoms with E-state index < -0.39 is 25.7 Å². The third kappa shape index (κ3) is 10.7. The lowest BCUT2D eigenvalue weighted by atomic mass is 10.0. The molecule has 0 fully saturated rings. The van der Waals surface area contributed by atoms with Gasteiger partial charge >= 0.3 is 13.6 Å². The minimum atomic E-state index is -4.50. The number of hydrogen-bond donors (Lipinski definition) is 6. The van der Waals surface area contributed by atoms with Crippen molar-refractivity contribution >= 4 is 13.6 Å². The van der Waals surface area contributed by atoms with Crippen LogP contribution >= 0.6 is 7.60 Å². The number of carboxylic acids is 1. The van der Waals surface area contributed by atoms with E-state index >= 15 is 0 Å². The summed E-state index contributed by atoms with van der Waals surface area (Å²) < 4.78 is 25.3. The molecule has 0 aliphatic heterocycles. The Morgan fingerprint density at radius 1 is 1.00 bits per heavy atom. The molecule has 0 aliphatic carbocycles. The van der Waals surface area contributed by atoms with Crippen LogP contribution in [0.15, 0.2) is 36.4 Å². The standard InChI is InChI=1S/C23H33FN3O7P/c1-25-8-2-3-17-4-6-21(28)18(11-17)13-26(15-23(30)31)9-10-27(16-35(32,33)34)14-19-12-20(24)5-7-22(19)29/h4-7,11-12,25,28-29H,2-3,8-10,13-16H2,1H3,(H,30,31)(H2,32,33,34). The lowest BCUT2D eigenvalue weighted by Crippen LogP contribution is -2.37. The van der Waals surface area contributed by atoms with Crippen molar-refractivity contribution in [2.45, 2.75) is 25.9 Å². The summed E-state index contributed by atoms with van der Waals surface area (Å²) in [5.41, 5.74) is 1.68. The lowest BCUT2D eigenvalue weighted by molar-refractivity contribution is -0.138. The molecule has 0 unspecified atom stereocenters. The molecule has 0 spiro atoms. The SMILES string of the molecule is CNCCCc1ccc(O)c(CN(CCN(Cc2cc(F)ccc2O)CP(=O)(O)O)CC(=O)O)c1. The van der Waals surface area contributed by atoms with Crippen LogP contribution in [0.4, 0.5) is 4.39 Å².